The number of pyridine rings is 1. The topological polar surface area (TPSA) is 50.3 Å². The molecule has 4 nitrogen and oxygen atoms in total. The molecule has 0 spiro atoms. The number of fused-ring (bicyclic) bond motifs is 1. The SMILES string of the molecule is Cc1ccc2c(N(Cc3ccccc3)S(C)(=O)=O)c(-c3ccccc3)c(-c3ccccc3)nc2c1. The zero-order valence-electron chi connectivity index (χ0n) is 19.7. The van der Waals surface area contributed by atoms with Gasteiger partial charge in [-0.25, -0.2) is 13.4 Å². The predicted molar refractivity (Wildman–Crippen MR) is 145 cm³/mol. The smallest absolute Gasteiger partial charge is 0.232 e. The van der Waals surface area contributed by atoms with E-state index in [2.05, 4.69) is 0 Å². The average molecular weight is 479 g/mol. The Labute approximate surface area is 206 Å². The first-order chi connectivity index (χ1) is 16.9. The van der Waals surface area contributed by atoms with Gasteiger partial charge in [0.25, 0.3) is 0 Å². The number of aryl methyl sites for hydroxylation is 1. The van der Waals surface area contributed by atoms with Crippen molar-refractivity contribution in [3.05, 3.63) is 120 Å². The molecule has 0 aliphatic heterocycles. The molecule has 0 unspecified atom stereocenters. The highest BCUT2D eigenvalue weighted by Gasteiger charge is 2.27. The minimum absolute atomic E-state index is 0.223. The van der Waals surface area contributed by atoms with Gasteiger partial charge in [0.2, 0.25) is 10.0 Å². The third kappa shape index (κ3) is 4.68. The van der Waals surface area contributed by atoms with Crippen molar-refractivity contribution in [2.45, 2.75) is 13.5 Å². The lowest BCUT2D eigenvalue weighted by Crippen LogP contribution is -2.30. The van der Waals surface area contributed by atoms with E-state index in [4.69, 9.17) is 4.98 Å². The Morgan fingerprint density at radius 3 is 1.91 bits per heavy atom. The first kappa shape index (κ1) is 22.8. The Morgan fingerprint density at radius 1 is 0.743 bits per heavy atom. The third-order valence-electron chi connectivity index (χ3n) is 6.04. The fourth-order valence-electron chi connectivity index (χ4n) is 4.41. The van der Waals surface area contributed by atoms with Crippen LogP contribution in [0.3, 0.4) is 0 Å². The molecule has 5 heteroatoms. The van der Waals surface area contributed by atoms with E-state index in [1.165, 1.54) is 10.6 Å². The summed E-state index contributed by atoms with van der Waals surface area (Å²) in [5.74, 6) is 0. The van der Waals surface area contributed by atoms with Crippen LogP contribution in [0.25, 0.3) is 33.3 Å². The molecule has 0 saturated carbocycles. The summed E-state index contributed by atoms with van der Waals surface area (Å²) < 4.78 is 28.3. The molecule has 1 aromatic heterocycles. The van der Waals surface area contributed by atoms with Gasteiger partial charge in [0, 0.05) is 16.5 Å². The second-order valence-corrected chi connectivity index (χ2v) is 10.6. The Bertz CT molecular complexity index is 1580. The van der Waals surface area contributed by atoms with Crippen LogP contribution in [-0.4, -0.2) is 19.7 Å². The van der Waals surface area contributed by atoms with E-state index in [9.17, 15) is 8.42 Å². The van der Waals surface area contributed by atoms with Crippen LogP contribution in [-0.2, 0) is 16.6 Å². The quantitative estimate of drug-likeness (QED) is 0.268. The van der Waals surface area contributed by atoms with Gasteiger partial charge in [-0.2, -0.15) is 0 Å². The third-order valence-corrected chi connectivity index (χ3v) is 7.15. The molecule has 0 amide bonds. The maximum absolute atomic E-state index is 13.4. The van der Waals surface area contributed by atoms with Crippen LogP contribution in [0.5, 0.6) is 0 Å². The highest BCUT2D eigenvalue weighted by Crippen LogP contribution is 2.44. The van der Waals surface area contributed by atoms with E-state index < -0.39 is 10.0 Å². The van der Waals surface area contributed by atoms with Gasteiger partial charge in [-0.05, 0) is 29.7 Å². The Hall–Kier alpha value is -3.96. The van der Waals surface area contributed by atoms with Crippen LogP contribution < -0.4 is 4.31 Å². The van der Waals surface area contributed by atoms with Crippen molar-refractivity contribution in [3.63, 3.8) is 0 Å². The lowest BCUT2D eigenvalue weighted by molar-refractivity contribution is 0.596. The second-order valence-electron chi connectivity index (χ2n) is 8.69. The molecule has 5 aromatic rings. The largest absolute Gasteiger partial charge is 0.265 e. The molecule has 0 aliphatic rings. The number of sulfonamides is 1. The number of hydrogen-bond donors (Lipinski definition) is 0. The van der Waals surface area contributed by atoms with Gasteiger partial charge in [0.05, 0.1) is 29.7 Å². The molecule has 1 heterocycles. The minimum atomic E-state index is -3.64. The van der Waals surface area contributed by atoms with Gasteiger partial charge in [0.1, 0.15) is 0 Å². The molecule has 0 aliphatic carbocycles. The summed E-state index contributed by atoms with van der Waals surface area (Å²) in [6.45, 7) is 2.24. The molecule has 0 N–H and O–H groups in total. The number of benzene rings is 4. The summed E-state index contributed by atoms with van der Waals surface area (Å²) in [6.07, 6.45) is 1.27. The van der Waals surface area contributed by atoms with E-state index in [1.54, 1.807) is 0 Å². The summed E-state index contributed by atoms with van der Waals surface area (Å²) >= 11 is 0. The fourth-order valence-corrected chi connectivity index (χ4v) is 5.32. The minimum Gasteiger partial charge on any atom is -0.265 e. The van der Waals surface area contributed by atoms with Crippen molar-refractivity contribution in [2.24, 2.45) is 0 Å². The first-order valence-corrected chi connectivity index (χ1v) is 13.3. The Morgan fingerprint density at radius 2 is 1.31 bits per heavy atom. The highest BCUT2D eigenvalue weighted by molar-refractivity contribution is 7.92. The Kier molecular flexibility index (Phi) is 6.10. The maximum atomic E-state index is 13.4. The summed E-state index contributed by atoms with van der Waals surface area (Å²) in [5, 5.41) is 0.801. The van der Waals surface area contributed by atoms with Crippen molar-refractivity contribution in [2.75, 3.05) is 10.6 Å². The van der Waals surface area contributed by atoms with Crippen LogP contribution in [0.15, 0.2) is 109 Å². The van der Waals surface area contributed by atoms with Crippen molar-refractivity contribution < 1.29 is 8.42 Å². The van der Waals surface area contributed by atoms with E-state index >= 15 is 0 Å². The predicted octanol–water partition coefficient (Wildman–Crippen LogP) is 6.84. The maximum Gasteiger partial charge on any atom is 0.232 e. The fraction of sp³-hybridized carbons (Fsp3) is 0.100. The van der Waals surface area contributed by atoms with Crippen LogP contribution in [0.1, 0.15) is 11.1 Å². The van der Waals surface area contributed by atoms with E-state index in [0.29, 0.717) is 5.69 Å². The average Bonchev–Trinajstić information content (AvgIpc) is 2.87. The summed E-state index contributed by atoms with van der Waals surface area (Å²) in [4.78, 5) is 5.09. The van der Waals surface area contributed by atoms with Crippen molar-refractivity contribution >= 4 is 26.6 Å². The van der Waals surface area contributed by atoms with Crippen LogP contribution in [0.4, 0.5) is 5.69 Å². The molecule has 35 heavy (non-hydrogen) atoms. The second kappa shape index (κ2) is 9.35. The zero-order chi connectivity index (χ0) is 24.4. The normalized spacial score (nSPS) is 11.5. The molecule has 0 saturated heterocycles. The lowest BCUT2D eigenvalue weighted by atomic mass is 9.94. The molecule has 0 atom stereocenters. The molecule has 0 fully saturated rings. The van der Waals surface area contributed by atoms with Crippen molar-refractivity contribution in [1.29, 1.82) is 0 Å². The van der Waals surface area contributed by atoms with E-state index in [-0.39, 0.29) is 6.54 Å². The van der Waals surface area contributed by atoms with Crippen molar-refractivity contribution in [1.82, 2.24) is 4.98 Å². The van der Waals surface area contributed by atoms with Crippen LogP contribution in [0, 0.1) is 6.92 Å². The van der Waals surface area contributed by atoms with Gasteiger partial charge < -0.3 is 0 Å². The van der Waals surface area contributed by atoms with E-state index in [0.717, 1.165) is 44.4 Å². The molecule has 0 radical (unpaired) electrons. The lowest BCUT2D eigenvalue weighted by Gasteiger charge is -2.28. The molecule has 5 rings (SSSR count). The molecule has 4 aromatic carbocycles. The number of aromatic nitrogens is 1. The van der Waals surface area contributed by atoms with Crippen LogP contribution in [0.2, 0.25) is 0 Å². The summed E-state index contributed by atoms with van der Waals surface area (Å²) in [5.41, 5.74) is 6.79. The highest BCUT2D eigenvalue weighted by atomic mass is 32.2. The van der Waals surface area contributed by atoms with Gasteiger partial charge in [-0.15, -0.1) is 0 Å². The first-order valence-electron chi connectivity index (χ1n) is 11.5. The molecule has 0 bridgehead atoms. The number of anilines is 1. The molecular formula is C30H26N2O2S. The van der Waals surface area contributed by atoms with Crippen molar-refractivity contribution in [3.8, 4) is 22.4 Å². The summed E-state index contributed by atoms with van der Waals surface area (Å²) in [6, 6.07) is 35.6. The van der Waals surface area contributed by atoms with Gasteiger partial charge in [-0.3, -0.25) is 4.31 Å². The monoisotopic (exact) mass is 478 g/mol. The number of nitrogens with zero attached hydrogens (tertiary/aromatic N) is 2. The number of hydrogen-bond acceptors (Lipinski definition) is 3. The summed E-state index contributed by atoms with van der Waals surface area (Å²) in [7, 11) is -3.64. The van der Waals surface area contributed by atoms with Crippen LogP contribution >= 0.6 is 0 Å². The van der Waals surface area contributed by atoms with Gasteiger partial charge >= 0.3 is 0 Å². The molecular weight excluding hydrogens is 452 g/mol. The van der Waals surface area contributed by atoms with Gasteiger partial charge in [0.15, 0.2) is 0 Å². The molecule has 174 valence electrons. The zero-order valence-corrected chi connectivity index (χ0v) is 20.5. The standard InChI is InChI=1S/C30H26N2O2S/c1-22-18-19-26-27(20-22)31-29(25-16-10-5-11-17-25)28(24-14-8-4-9-15-24)30(26)32(35(2,33)34)21-23-12-6-3-7-13-23/h3-20H,21H2,1-2H3. The Balaban J connectivity index is 1.92. The number of rotatable bonds is 6. The van der Waals surface area contributed by atoms with Gasteiger partial charge in [-0.1, -0.05) is 103 Å². The van der Waals surface area contributed by atoms with E-state index in [1.807, 2.05) is 116 Å².